The van der Waals surface area contributed by atoms with E-state index in [1.807, 2.05) is 0 Å². The van der Waals surface area contributed by atoms with Crippen molar-refractivity contribution in [3.8, 4) is 0 Å². The molecule has 0 atom stereocenters. The summed E-state index contributed by atoms with van der Waals surface area (Å²) in [6.07, 6.45) is -9.01. The minimum absolute atomic E-state index is 0.0396. The number of nitrogens with zero attached hydrogens (tertiary/aromatic N) is 5. The van der Waals surface area contributed by atoms with Gasteiger partial charge in [0.05, 0.1) is 18.2 Å². The fraction of sp³-hybridized carbons (Fsp3) is 0.273. The van der Waals surface area contributed by atoms with E-state index in [1.165, 1.54) is 7.05 Å². The quantitative estimate of drug-likeness (QED) is 0.631. The summed E-state index contributed by atoms with van der Waals surface area (Å²) in [7, 11) is 1.43. The van der Waals surface area contributed by atoms with Gasteiger partial charge in [-0.05, 0) is 29.0 Å². The zero-order valence-electron chi connectivity index (χ0n) is 10.8. The van der Waals surface area contributed by atoms with Crippen LogP contribution in [0.2, 0.25) is 0 Å². The number of tetrazole rings is 1. The van der Waals surface area contributed by atoms with Crippen LogP contribution in [0.4, 0.5) is 32.3 Å². The summed E-state index contributed by atoms with van der Waals surface area (Å²) in [6, 6.07) is 1.14. The monoisotopic (exact) mass is 323 g/mol. The average Bonchev–Trinajstić information content (AvgIpc) is 2.80. The Morgan fingerprint density at radius 2 is 1.55 bits per heavy atom. The summed E-state index contributed by atoms with van der Waals surface area (Å²) < 4.78 is 75.9. The second-order valence-electron chi connectivity index (χ2n) is 4.18. The van der Waals surface area contributed by atoms with E-state index in [0.29, 0.717) is 12.1 Å². The predicted octanol–water partition coefficient (Wildman–Crippen LogP) is 3.00. The maximum atomic E-state index is 12.7. The predicted molar refractivity (Wildman–Crippen MR) is 62.5 cm³/mol. The highest BCUT2D eigenvalue weighted by molar-refractivity contribution is 5.81. The Hall–Kier alpha value is -2.46. The Bertz CT molecular complexity index is 667. The van der Waals surface area contributed by atoms with Crippen molar-refractivity contribution in [3.63, 3.8) is 0 Å². The van der Waals surface area contributed by atoms with Gasteiger partial charge in [-0.3, -0.25) is 0 Å². The topological polar surface area (TPSA) is 56.0 Å². The van der Waals surface area contributed by atoms with Gasteiger partial charge in [0.25, 0.3) is 5.95 Å². The molecule has 0 fully saturated rings. The molecule has 22 heavy (non-hydrogen) atoms. The standard InChI is InChI=1S/C11H7F6N5/c1-22-20-9(19-21-22)18-5-6-2-7(10(12,13)14)4-8(3-6)11(15,16)17/h2-5H,1H3/b18-5+. The zero-order valence-corrected chi connectivity index (χ0v) is 10.8. The van der Waals surface area contributed by atoms with Crippen LogP contribution >= 0.6 is 0 Å². The molecular formula is C11H7F6N5. The molecule has 0 aliphatic heterocycles. The van der Waals surface area contributed by atoms with Crippen molar-refractivity contribution >= 4 is 12.2 Å². The molecule has 0 saturated carbocycles. The van der Waals surface area contributed by atoms with Gasteiger partial charge in [-0.2, -0.15) is 31.1 Å². The molecule has 0 saturated heterocycles. The highest BCUT2D eigenvalue weighted by atomic mass is 19.4. The van der Waals surface area contributed by atoms with Crippen molar-refractivity contribution in [3.05, 3.63) is 34.9 Å². The molecule has 11 heteroatoms. The van der Waals surface area contributed by atoms with Crippen molar-refractivity contribution < 1.29 is 26.3 Å². The number of aryl methyl sites for hydroxylation is 1. The van der Waals surface area contributed by atoms with Crippen LogP contribution in [0.25, 0.3) is 0 Å². The van der Waals surface area contributed by atoms with E-state index in [-0.39, 0.29) is 17.6 Å². The van der Waals surface area contributed by atoms with Crippen LogP contribution < -0.4 is 0 Å². The normalized spacial score (nSPS) is 13.0. The first-order chi connectivity index (χ1) is 10.1. The molecule has 2 aromatic rings. The summed E-state index contributed by atoms with van der Waals surface area (Å²) in [5.41, 5.74) is -3.22. The third-order valence-corrected chi connectivity index (χ3v) is 2.44. The lowest BCUT2D eigenvalue weighted by molar-refractivity contribution is -0.143. The van der Waals surface area contributed by atoms with E-state index >= 15 is 0 Å². The highest BCUT2D eigenvalue weighted by Crippen LogP contribution is 2.36. The van der Waals surface area contributed by atoms with E-state index in [9.17, 15) is 26.3 Å². The molecule has 0 bridgehead atoms. The van der Waals surface area contributed by atoms with Crippen LogP contribution in [0, 0.1) is 0 Å². The van der Waals surface area contributed by atoms with Gasteiger partial charge in [-0.1, -0.05) is 5.10 Å². The van der Waals surface area contributed by atoms with Crippen molar-refractivity contribution in [2.75, 3.05) is 0 Å². The lowest BCUT2D eigenvalue weighted by atomic mass is 10.1. The van der Waals surface area contributed by atoms with Crippen molar-refractivity contribution in [1.29, 1.82) is 0 Å². The van der Waals surface area contributed by atoms with Gasteiger partial charge in [0.2, 0.25) is 0 Å². The molecule has 0 aliphatic carbocycles. The van der Waals surface area contributed by atoms with Crippen molar-refractivity contribution in [1.82, 2.24) is 20.2 Å². The molecule has 5 nitrogen and oxygen atoms in total. The number of aromatic nitrogens is 4. The highest BCUT2D eigenvalue weighted by Gasteiger charge is 2.36. The first-order valence-corrected chi connectivity index (χ1v) is 5.63. The van der Waals surface area contributed by atoms with E-state index in [0.717, 1.165) is 11.0 Å². The summed E-state index contributed by atoms with van der Waals surface area (Å²) in [4.78, 5) is 4.62. The number of hydrogen-bond acceptors (Lipinski definition) is 4. The van der Waals surface area contributed by atoms with Gasteiger partial charge >= 0.3 is 12.4 Å². The first kappa shape index (κ1) is 15.9. The third-order valence-electron chi connectivity index (χ3n) is 2.44. The molecule has 0 spiro atoms. The van der Waals surface area contributed by atoms with Crippen LogP contribution in [0.15, 0.2) is 23.2 Å². The number of halogens is 6. The number of hydrogen-bond donors (Lipinski definition) is 0. The lowest BCUT2D eigenvalue weighted by Gasteiger charge is -2.12. The molecule has 1 aromatic heterocycles. The number of benzene rings is 1. The number of aliphatic imine (C=N–C) groups is 1. The Labute approximate surface area is 119 Å². The van der Waals surface area contributed by atoms with Gasteiger partial charge in [0.1, 0.15) is 0 Å². The van der Waals surface area contributed by atoms with Gasteiger partial charge < -0.3 is 0 Å². The van der Waals surface area contributed by atoms with E-state index in [2.05, 4.69) is 20.4 Å². The van der Waals surface area contributed by atoms with Crippen molar-refractivity contribution in [2.24, 2.45) is 12.0 Å². The molecule has 0 N–H and O–H groups in total. The van der Waals surface area contributed by atoms with Gasteiger partial charge in [0.15, 0.2) is 0 Å². The maximum absolute atomic E-state index is 12.7. The second kappa shape index (κ2) is 5.39. The fourth-order valence-electron chi connectivity index (χ4n) is 1.51. The summed E-state index contributed by atoms with van der Waals surface area (Å²) in [5.74, 6) is -0.187. The van der Waals surface area contributed by atoms with Crippen molar-refractivity contribution in [2.45, 2.75) is 12.4 Å². The minimum atomic E-state index is -4.91. The van der Waals surface area contributed by atoms with E-state index < -0.39 is 23.5 Å². The van der Waals surface area contributed by atoms with Crippen LogP contribution in [-0.2, 0) is 19.4 Å². The fourth-order valence-corrected chi connectivity index (χ4v) is 1.51. The molecule has 2 rings (SSSR count). The Morgan fingerprint density at radius 1 is 1.00 bits per heavy atom. The molecule has 0 unspecified atom stereocenters. The first-order valence-electron chi connectivity index (χ1n) is 5.63. The van der Waals surface area contributed by atoms with Gasteiger partial charge in [-0.25, -0.2) is 4.99 Å². The minimum Gasteiger partial charge on any atom is -0.216 e. The second-order valence-corrected chi connectivity index (χ2v) is 4.18. The summed E-state index contributed by atoms with van der Waals surface area (Å²) in [6.45, 7) is 0. The van der Waals surface area contributed by atoms with E-state index in [4.69, 9.17) is 0 Å². The Morgan fingerprint density at radius 3 is 1.95 bits per heavy atom. The molecule has 1 aromatic carbocycles. The van der Waals surface area contributed by atoms with Crippen LogP contribution in [-0.4, -0.2) is 26.4 Å². The van der Waals surface area contributed by atoms with Crippen LogP contribution in [0.5, 0.6) is 0 Å². The van der Waals surface area contributed by atoms with E-state index in [1.54, 1.807) is 0 Å². The molecule has 1 heterocycles. The number of alkyl halides is 6. The lowest BCUT2D eigenvalue weighted by Crippen LogP contribution is -2.11. The third kappa shape index (κ3) is 3.80. The average molecular weight is 323 g/mol. The largest absolute Gasteiger partial charge is 0.416 e. The Kier molecular flexibility index (Phi) is 3.90. The molecular weight excluding hydrogens is 316 g/mol. The summed E-state index contributed by atoms with van der Waals surface area (Å²) in [5, 5.41) is 10.5. The zero-order chi connectivity index (χ0) is 16.5. The smallest absolute Gasteiger partial charge is 0.216 e. The Balaban J connectivity index is 2.44. The maximum Gasteiger partial charge on any atom is 0.416 e. The number of rotatable bonds is 2. The molecule has 0 aliphatic rings. The molecule has 0 radical (unpaired) electrons. The van der Waals surface area contributed by atoms with Crippen LogP contribution in [0.1, 0.15) is 16.7 Å². The van der Waals surface area contributed by atoms with Gasteiger partial charge in [0, 0.05) is 6.21 Å². The molecule has 118 valence electrons. The van der Waals surface area contributed by atoms with Gasteiger partial charge in [-0.15, -0.1) is 5.10 Å². The van der Waals surface area contributed by atoms with Crippen LogP contribution in [0.3, 0.4) is 0 Å². The molecule has 0 amide bonds. The summed E-state index contributed by atoms with van der Waals surface area (Å²) >= 11 is 0. The SMILES string of the molecule is Cn1nnc(/N=C/c2cc(C(F)(F)F)cc(C(F)(F)F)c2)n1.